The summed E-state index contributed by atoms with van der Waals surface area (Å²) in [6.07, 6.45) is 2.62. The number of nitrogens with zero attached hydrogens (tertiary/aromatic N) is 2. The van der Waals surface area contributed by atoms with Crippen LogP contribution in [0.4, 0.5) is 0 Å². The van der Waals surface area contributed by atoms with E-state index in [1.807, 2.05) is 13.8 Å². The summed E-state index contributed by atoms with van der Waals surface area (Å²) < 4.78 is 27.8. The summed E-state index contributed by atoms with van der Waals surface area (Å²) in [7, 11) is -1.66. The van der Waals surface area contributed by atoms with Crippen molar-refractivity contribution in [2.75, 3.05) is 26.7 Å². The molecule has 0 spiro atoms. The highest BCUT2D eigenvalue weighted by atomic mass is 35.5. The van der Waals surface area contributed by atoms with Crippen molar-refractivity contribution >= 4 is 22.6 Å². The largest absolute Gasteiger partial charge is 0.327 e. The van der Waals surface area contributed by atoms with E-state index >= 15 is 0 Å². The molecule has 19 heavy (non-hydrogen) atoms. The van der Waals surface area contributed by atoms with Crippen molar-refractivity contribution in [1.82, 2.24) is 8.61 Å². The van der Waals surface area contributed by atoms with E-state index in [0.29, 0.717) is 19.6 Å². The van der Waals surface area contributed by atoms with Crippen molar-refractivity contribution < 1.29 is 8.42 Å². The third-order valence-corrected chi connectivity index (χ3v) is 5.76. The van der Waals surface area contributed by atoms with Gasteiger partial charge in [-0.15, -0.1) is 12.4 Å². The highest BCUT2D eigenvalue weighted by Crippen LogP contribution is 2.29. The Kier molecular flexibility index (Phi) is 7.27. The Bertz CT molecular complexity index is 373. The Labute approximate surface area is 124 Å². The molecule has 0 saturated carbocycles. The van der Waals surface area contributed by atoms with E-state index in [9.17, 15) is 8.42 Å². The maximum atomic E-state index is 12.4. The molecule has 5 nitrogen and oxygen atoms in total. The van der Waals surface area contributed by atoms with Crippen molar-refractivity contribution in [1.29, 1.82) is 0 Å². The number of hydrogen-bond donors (Lipinski definition) is 1. The molecular formula is C12H28ClN3O2S. The van der Waals surface area contributed by atoms with Gasteiger partial charge < -0.3 is 5.73 Å². The molecule has 0 aliphatic carbocycles. The van der Waals surface area contributed by atoms with Crippen LogP contribution in [0.3, 0.4) is 0 Å². The second kappa shape index (κ2) is 7.22. The highest BCUT2D eigenvalue weighted by Gasteiger charge is 2.39. The van der Waals surface area contributed by atoms with Crippen molar-refractivity contribution in [2.24, 2.45) is 11.1 Å². The summed E-state index contributed by atoms with van der Waals surface area (Å²) in [6.45, 7) is 7.75. The van der Waals surface area contributed by atoms with Crippen LogP contribution in [0.5, 0.6) is 0 Å². The molecule has 0 aromatic rings. The van der Waals surface area contributed by atoms with Crippen LogP contribution in [0, 0.1) is 5.41 Å². The van der Waals surface area contributed by atoms with Gasteiger partial charge in [0, 0.05) is 32.7 Å². The van der Waals surface area contributed by atoms with Crippen LogP contribution in [-0.4, -0.2) is 49.8 Å². The topological polar surface area (TPSA) is 66.6 Å². The molecule has 1 saturated heterocycles. The molecule has 1 aliphatic heterocycles. The van der Waals surface area contributed by atoms with E-state index in [2.05, 4.69) is 6.92 Å². The first-order chi connectivity index (χ1) is 8.21. The van der Waals surface area contributed by atoms with Gasteiger partial charge in [0.25, 0.3) is 10.2 Å². The molecule has 0 aromatic carbocycles. The van der Waals surface area contributed by atoms with Crippen molar-refractivity contribution in [3.05, 3.63) is 0 Å². The first-order valence-corrected chi connectivity index (χ1v) is 8.08. The van der Waals surface area contributed by atoms with Crippen molar-refractivity contribution in [2.45, 2.75) is 46.1 Å². The predicted molar refractivity (Wildman–Crippen MR) is 81.7 cm³/mol. The van der Waals surface area contributed by atoms with Gasteiger partial charge in [0.15, 0.2) is 0 Å². The lowest BCUT2D eigenvalue weighted by Crippen LogP contribution is -2.56. The molecule has 0 amide bonds. The van der Waals surface area contributed by atoms with E-state index in [1.165, 1.54) is 4.31 Å². The quantitative estimate of drug-likeness (QED) is 0.835. The maximum Gasteiger partial charge on any atom is 0.281 e. The standard InChI is InChI=1S/C12H27N3O2S.ClH/c1-5-6-8-14(4)18(16,17)15-9-7-11(13)12(2,3)10-15;/h11H,5-10,13H2,1-4H3;1H. The summed E-state index contributed by atoms with van der Waals surface area (Å²) >= 11 is 0. The minimum atomic E-state index is -3.32. The number of halogens is 1. The predicted octanol–water partition coefficient (Wildman–Crippen LogP) is 1.44. The van der Waals surface area contributed by atoms with E-state index in [4.69, 9.17) is 5.73 Å². The molecule has 1 rings (SSSR count). The van der Waals surface area contributed by atoms with Gasteiger partial charge in [-0.05, 0) is 18.3 Å². The molecule has 0 bridgehead atoms. The number of unbranched alkanes of at least 4 members (excludes halogenated alkanes) is 1. The minimum Gasteiger partial charge on any atom is -0.327 e. The number of piperidine rings is 1. The molecule has 1 unspecified atom stereocenters. The monoisotopic (exact) mass is 313 g/mol. The van der Waals surface area contributed by atoms with Gasteiger partial charge in [0.2, 0.25) is 0 Å². The van der Waals surface area contributed by atoms with E-state index in [1.54, 1.807) is 11.4 Å². The smallest absolute Gasteiger partial charge is 0.281 e. The van der Waals surface area contributed by atoms with Crippen molar-refractivity contribution in [3.8, 4) is 0 Å². The first-order valence-electron chi connectivity index (χ1n) is 6.69. The number of rotatable bonds is 5. The van der Waals surface area contributed by atoms with E-state index in [-0.39, 0.29) is 23.9 Å². The summed E-state index contributed by atoms with van der Waals surface area (Å²) in [5.74, 6) is 0. The SMILES string of the molecule is CCCCN(C)S(=O)(=O)N1CCC(N)C(C)(C)C1.Cl. The lowest BCUT2D eigenvalue weighted by molar-refractivity contribution is 0.150. The summed E-state index contributed by atoms with van der Waals surface area (Å²) in [6, 6.07) is 0.0740. The van der Waals surface area contributed by atoms with Gasteiger partial charge in [0.05, 0.1) is 0 Å². The average Bonchev–Trinajstić information content (AvgIpc) is 2.29. The fourth-order valence-corrected chi connectivity index (χ4v) is 3.80. The zero-order valence-electron chi connectivity index (χ0n) is 12.4. The fourth-order valence-electron chi connectivity index (χ4n) is 2.21. The molecule has 0 radical (unpaired) electrons. The normalized spacial score (nSPS) is 24.2. The van der Waals surface area contributed by atoms with Crippen LogP contribution in [0.2, 0.25) is 0 Å². The van der Waals surface area contributed by atoms with Crippen LogP contribution < -0.4 is 5.73 Å². The van der Waals surface area contributed by atoms with Gasteiger partial charge in [-0.1, -0.05) is 27.2 Å². The Hall–Kier alpha value is 0.120. The van der Waals surface area contributed by atoms with Crippen LogP contribution in [0.15, 0.2) is 0 Å². The van der Waals surface area contributed by atoms with E-state index in [0.717, 1.165) is 19.3 Å². The van der Waals surface area contributed by atoms with Crippen molar-refractivity contribution in [3.63, 3.8) is 0 Å². The van der Waals surface area contributed by atoms with E-state index < -0.39 is 10.2 Å². The molecule has 1 heterocycles. The molecule has 2 N–H and O–H groups in total. The van der Waals surface area contributed by atoms with Crippen LogP contribution in [-0.2, 0) is 10.2 Å². The third kappa shape index (κ3) is 4.56. The summed E-state index contributed by atoms with van der Waals surface area (Å²) in [4.78, 5) is 0. The summed E-state index contributed by atoms with van der Waals surface area (Å²) in [5, 5.41) is 0. The lowest BCUT2D eigenvalue weighted by atomic mass is 9.81. The zero-order valence-corrected chi connectivity index (χ0v) is 14.1. The van der Waals surface area contributed by atoms with Gasteiger partial charge in [0.1, 0.15) is 0 Å². The second-order valence-corrected chi connectivity index (χ2v) is 7.94. The Balaban J connectivity index is 0.00000324. The fraction of sp³-hybridized carbons (Fsp3) is 1.00. The van der Waals surface area contributed by atoms with Crippen LogP contribution >= 0.6 is 12.4 Å². The van der Waals surface area contributed by atoms with Gasteiger partial charge >= 0.3 is 0 Å². The van der Waals surface area contributed by atoms with Crippen LogP contribution in [0.1, 0.15) is 40.0 Å². The lowest BCUT2D eigenvalue weighted by Gasteiger charge is -2.42. The average molecular weight is 314 g/mol. The first kappa shape index (κ1) is 19.1. The molecular weight excluding hydrogens is 286 g/mol. The van der Waals surface area contributed by atoms with Gasteiger partial charge in [-0.3, -0.25) is 0 Å². The minimum absolute atomic E-state index is 0. The zero-order chi connectivity index (χ0) is 14.0. The molecule has 0 aromatic heterocycles. The highest BCUT2D eigenvalue weighted by molar-refractivity contribution is 7.86. The molecule has 116 valence electrons. The Morgan fingerprint density at radius 1 is 1.42 bits per heavy atom. The maximum absolute atomic E-state index is 12.4. The summed E-state index contributed by atoms with van der Waals surface area (Å²) in [5.41, 5.74) is 5.88. The Morgan fingerprint density at radius 2 is 2.00 bits per heavy atom. The molecule has 1 aliphatic rings. The Morgan fingerprint density at radius 3 is 2.47 bits per heavy atom. The third-order valence-electron chi connectivity index (χ3n) is 3.82. The number of hydrogen-bond acceptors (Lipinski definition) is 3. The molecule has 7 heteroatoms. The number of nitrogens with two attached hydrogens (primary N) is 1. The van der Waals surface area contributed by atoms with Crippen LogP contribution in [0.25, 0.3) is 0 Å². The van der Waals surface area contributed by atoms with Gasteiger partial charge in [-0.25, -0.2) is 0 Å². The van der Waals surface area contributed by atoms with Gasteiger partial charge in [-0.2, -0.15) is 17.0 Å². The molecule has 1 atom stereocenters. The second-order valence-electron chi connectivity index (χ2n) is 5.90. The molecule has 1 fully saturated rings.